The number of aliphatic hydroxyl groups is 11. The maximum atomic E-state index is 13.3. The quantitative estimate of drug-likeness (QED) is 0.0253. The van der Waals surface area contributed by atoms with Gasteiger partial charge in [0.1, 0.15) is 73.2 Å². The molecule has 0 saturated carbocycles. The van der Waals surface area contributed by atoms with Gasteiger partial charge in [0.25, 0.3) is 0 Å². The molecule has 17 atom stereocenters. The standard InChI is InChI=1S/C62H107NO18/c1-3-5-7-9-11-12-13-14-15-16-17-18-19-20-21-22-23-24-25-26-27-28-29-30-31-32-34-36-38-40-50(68)63-45(46(67)39-37-35-33-10-8-6-4-2)44-76-60-56(74)53(71)58(48(42-65)78-60)81-62-57(75)54(72)59(49(43-66)79-62)80-61-55(73)52(70)51(69)47(41-64)77-61/h5,7,11-12,14-15,17-18,20-21,37,39,45-49,51-62,64-67,69-75H,3-4,6,8-10,13,16,19,22-36,38,40-44H2,1-2H3,(H,63,68)/b7-5-,12-11-,15-14-,18-17-,21-20-,39-37+. The summed E-state index contributed by atoms with van der Waals surface area (Å²) in [7, 11) is 0. The topological polar surface area (TPSA) is 307 Å². The Labute approximate surface area is 483 Å². The molecule has 19 nitrogen and oxygen atoms in total. The zero-order chi connectivity index (χ0) is 59.0. The largest absolute Gasteiger partial charge is 0.394 e. The van der Waals surface area contributed by atoms with Crippen LogP contribution in [0.5, 0.6) is 0 Å². The molecule has 3 aliphatic heterocycles. The number of ether oxygens (including phenoxy) is 6. The van der Waals surface area contributed by atoms with Crippen molar-refractivity contribution in [1.29, 1.82) is 0 Å². The maximum Gasteiger partial charge on any atom is 0.220 e. The van der Waals surface area contributed by atoms with Crippen molar-refractivity contribution in [2.24, 2.45) is 0 Å². The van der Waals surface area contributed by atoms with E-state index >= 15 is 0 Å². The summed E-state index contributed by atoms with van der Waals surface area (Å²) in [6, 6.07) is -0.973. The molecule has 12 N–H and O–H groups in total. The second-order valence-corrected chi connectivity index (χ2v) is 21.8. The molecule has 19 heteroatoms. The summed E-state index contributed by atoms with van der Waals surface area (Å²) in [5.74, 6) is -0.285. The molecular weight excluding hydrogens is 1050 g/mol. The number of amides is 1. The van der Waals surface area contributed by atoms with Crippen molar-refractivity contribution >= 4 is 5.91 Å². The second-order valence-electron chi connectivity index (χ2n) is 21.8. The average Bonchev–Trinajstić information content (AvgIpc) is 3.48. The van der Waals surface area contributed by atoms with Crippen LogP contribution in [0.1, 0.15) is 181 Å². The molecule has 81 heavy (non-hydrogen) atoms. The van der Waals surface area contributed by atoms with Crippen molar-refractivity contribution in [3.63, 3.8) is 0 Å². The Hall–Kier alpha value is -2.77. The van der Waals surface area contributed by atoms with E-state index in [2.05, 4.69) is 79.9 Å². The van der Waals surface area contributed by atoms with Gasteiger partial charge in [0.15, 0.2) is 18.9 Å². The predicted octanol–water partition coefficient (Wildman–Crippen LogP) is 5.82. The van der Waals surface area contributed by atoms with Crippen molar-refractivity contribution < 1.29 is 89.4 Å². The van der Waals surface area contributed by atoms with Gasteiger partial charge in [0.05, 0.1) is 38.6 Å². The Bertz CT molecular complexity index is 1760. The number of aliphatic hydroxyl groups excluding tert-OH is 11. The Balaban J connectivity index is 1.36. The number of hydrogen-bond acceptors (Lipinski definition) is 18. The van der Waals surface area contributed by atoms with Gasteiger partial charge in [-0.2, -0.15) is 0 Å². The molecule has 17 unspecified atom stereocenters. The summed E-state index contributed by atoms with van der Waals surface area (Å²) < 4.78 is 34.1. The molecule has 3 aliphatic rings. The summed E-state index contributed by atoms with van der Waals surface area (Å²) in [5, 5.41) is 120. The van der Waals surface area contributed by atoms with Crippen molar-refractivity contribution in [2.45, 2.75) is 285 Å². The minimum atomic E-state index is -1.98. The monoisotopic (exact) mass is 1150 g/mol. The lowest BCUT2D eigenvalue weighted by Crippen LogP contribution is -2.66. The summed E-state index contributed by atoms with van der Waals surface area (Å²) in [5.41, 5.74) is 0. The lowest BCUT2D eigenvalue weighted by Gasteiger charge is -2.48. The highest BCUT2D eigenvalue weighted by Gasteiger charge is 2.53. The third kappa shape index (κ3) is 28.3. The van der Waals surface area contributed by atoms with Gasteiger partial charge in [0, 0.05) is 6.42 Å². The van der Waals surface area contributed by atoms with Crippen molar-refractivity contribution in [3.05, 3.63) is 72.9 Å². The van der Waals surface area contributed by atoms with Gasteiger partial charge in [-0.1, -0.05) is 183 Å². The molecule has 0 aromatic carbocycles. The molecule has 0 aliphatic carbocycles. The third-order valence-electron chi connectivity index (χ3n) is 15.0. The van der Waals surface area contributed by atoms with Gasteiger partial charge in [-0.05, 0) is 64.2 Å². The predicted molar refractivity (Wildman–Crippen MR) is 309 cm³/mol. The Morgan fingerprint density at radius 1 is 0.457 bits per heavy atom. The first-order chi connectivity index (χ1) is 39.3. The first-order valence-electron chi connectivity index (χ1n) is 30.7. The normalized spacial score (nSPS) is 30.3. The number of unbranched alkanes of at least 4 members (excludes halogenated alkanes) is 18. The molecular formula is C62H107NO18. The molecule has 0 aromatic rings. The number of nitrogens with one attached hydrogen (secondary N) is 1. The smallest absolute Gasteiger partial charge is 0.220 e. The van der Waals surface area contributed by atoms with Crippen LogP contribution in [-0.4, -0.2) is 193 Å². The highest BCUT2D eigenvalue weighted by Crippen LogP contribution is 2.33. The summed E-state index contributed by atoms with van der Waals surface area (Å²) in [6.07, 6.45) is 26.5. The number of carbonyl (C=O) groups is 1. The zero-order valence-corrected chi connectivity index (χ0v) is 48.7. The zero-order valence-electron chi connectivity index (χ0n) is 48.7. The van der Waals surface area contributed by atoms with Gasteiger partial charge in [-0.15, -0.1) is 0 Å². The van der Waals surface area contributed by atoms with Crippen LogP contribution in [0.15, 0.2) is 72.9 Å². The van der Waals surface area contributed by atoms with Crippen LogP contribution in [0.2, 0.25) is 0 Å². The van der Waals surface area contributed by atoms with E-state index in [-0.39, 0.29) is 18.9 Å². The molecule has 3 saturated heterocycles. The van der Waals surface area contributed by atoms with Crippen LogP contribution in [0, 0.1) is 0 Å². The Morgan fingerprint density at radius 3 is 1.33 bits per heavy atom. The van der Waals surface area contributed by atoms with Gasteiger partial charge in [-0.3, -0.25) is 4.79 Å². The average molecular weight is 1150 g/mol. The number of allylic oxidation sites excluding steroid dienone is 11. The van der Waals surface area contributed by atoms with Crippen molar-refractivity contribution in [3.8, 4) is 0 Å². The fourth-order valence-electron chi connectivity index (χ4n) is 9.98. The number of hydrogen-bond donors (Lipinski definition) is 12. The minimum absolute atomic E-state index is 0.237. The first kappa shape index (κ1) is 72.5. The Kier molecular flexibility index (Phi) is 40.0. The van der Waals surface area contributed by atoms with Crippen LogP contribution in [0.4, 0.5) is 0 Å². The molecule has 0 aromatic heterocycles. The third-order valence-corrected chi connectivity index (χ3v) is 15.0. The van der Waals surface area contributed by atoms with E-state index in [1.165, 1.54) is 57.8 Å². The number of carbonyl (C=O) groups excluding carboxylic acids is 1. The molecule has 0 spiro atoms. The van der Waals surface area contributed by atoms with E-state index in [9.17, 15) is 61.0 Å². The summed E-state index contributed by atoms with van der Waals surface area (Å²) in [4.78, 5) is 13.3. The Morgan fingerprint density at radius 2 is 0.852 bits per heavy atom. The van der Waals surface area contributed by atoms with Crippen LogP contribution >= 0.6 is 0 Å². The lowest BCUT2D eigenvalue weighted by molar-refractivity contribution is -0.379. The van der Waals surface area contributed by atoms with Crippen molar-refractivity contribution in [1.82, 2.24) is 5.32 Å². The number of rotatable bonds is 44. The molecule has 0 radical (unpaired) electrons. The van der Waals surface area contributed by atoms with E-state index in [0.717, 1.165) is 96.3 Å². The van der Waals surface area contributed by atoms with Crippen LogP contribution < -0.4 is 5.32 Å². The minimum Gasteiger partial charge on any atom is -0.394 e. The maximum absolute atomic E-state index is 13.3. The van der Waals surface area contributed by atoms with Crippen LogP contribution in [0.25, 0.3) is 0 Å². The van der Waals surface area contributed by atoms with Crippen LogP contribution in [0.3, 0.4) is 0 Å². The molecule has 3 rings (SSSR count). The molecule has 3 fully saturated rings. The lowest BCUT2D eigenvalue weighted by atomic mass is 9.96. The first-order valence-corrected chi connectivity index (χ1v) is 30.7. The van der Waals surface area contributed by atoms with Gasteiger partial charge in [0.2, 0.25) is 5.91 Å². The summed E-state index contributed by atoms with van der Waals surface area (Å²) >= 11 is 0. The molecule has 1 amide bonds. The van der Waals surface area contributed by atoms with Gasteiger partial charge in [-0.25, -0.2) is 0 Å². The SMILES string of the molecule is CC/C=C\C/C=C\C/C=C\C/C=C\C/C=C\CCCCCCCCCCCCCCCC(=O)NC(COC1OC(CO)C(OC2OC(CO)C(OC3OC(CO)C(O)C(O)C3O)C(O)C2O)C(O)C1O)C(O)/C=C/CCCCCCC. The van der Waals surface area contributed by atoms with Gasteiger partial charge >= 0.3 is 0 Å². The second kappa shape index (κ2) is 44.7. The molecule has 3 heterocycles. The van der Waals surface area contributed by atoms with E-state index < -0.39 is 124 Å². The molecule has 468 valence electrons. The van der Waals surface area contributed by atoms with E-state index in [1.54, 1.807) is 6.08 Å². The molecule has 0 bridgehead atoms. The highest BCUT2D eigenvalue weighted by molar-refractivity contribution is 5.76. The summed E-state index contributed by atoms with van der Waals surface area (Å²) in [6.45, 7) is 1.51. The van der Waals surface area contributed by atoms with E-state index in [4.69, 9.17) is 28.4 Å². The van der Waals surface area contributed by atoms with E-state index in [0.29, 0.717) is 6.42 Å². The fourth-order valence-corrected chi connectivity index (χ4v) is 9.98. The fraction of sp³-hybridized carbons (Fsp3) is 0.790. The van der Waals surface area contributed by atoms with Crippen molar-refractivity contribution in [2.75, 3.05) is 26.4 Å². The van der Waals surface area contributed by atoms with Gasteiger partial charge < -0.3 is 89.9 Å². The van der Waals surface area contributed by atoms with E-state index in [1.807, 2.05) is 6.08 Å². The van der Waals surface area contributed by atoms with Crippen LogP contribution in [-0.2, 0) is 33.2 Å². The highest BCUT2D eigenvalue weighted by atomic mass is 16.8.